The molecule has 0 aromatic rings. The molecule has 14 nitrogen and oxygen atoms in total. The Balaban J connectivity index is 2.89. The van der Waals surface area contributed by atoms with Crippen molar-refractivity contribution in [3.05, 3.63) is 0 Å². The zero-order chi connectivity index (χ0) is 25.1. The maximum atomic E-state index is 12.8. The Kier molecular flexibility index (Phi) is 11.2. The molecule has 1 heterocycles. The van der Waals surface area contributed by atoms with E-state index in [-0.39, 0.29) is 19.4 Å². The van der Waals surface area contributed by atoms with Crippen molar-refractivity contribution in [2.45, 2.75) is 69.1 Å². The molecule has 1 saturated heterocycles. The van der Waals surface area contributed by atoms with Crippen molar-refractivity contribution in [1.29, 1.82) is 0 Å². The number of nitrogens with zero attached hydrogens (tertiary/aromatic N) is 1. The Bertz CT molecular complexity index is 760. The van der Waals surface area contributed by atoms with E-state index in [9.17, 15) is 33.9 Å². The van der Waals surface area contributed by atoms with Gasteiger partial charge in [-0.2, -0.15) is 0 Å². The number of aliphatic carboxylic acids is 3. The number of rotatable bonds is 14. The Labute approximate surface area is 189 Å². The SMILES string of the molecule is NCCCCC(NC(=O)C(CC(=O)O)NC(=O)C1CCCN1C(=O)C(N)CC(=O)O)C(=O)O. The van der Waals surface area contributed by atoms with Crippen molar-refractivity contribution in [2.24, 2.45) is 11.5 Å². The topological polar surface area (TPSA) is 242 Å². The van der Waals surface area contributed by atoms with Gasteiger partial charge in [-0.3, -0.25) is 24.0 Å². The minimum absolute atomic E-state index is 0.0678. The molecule has 0 saturated carbocycles. The normalized spacial score (nSPS) is 18.1. The molecule has 9 N–H and O–H groups in total. The van der Waals surface area contributed by atoms with E-state index in [4.69, 9.17) is 21.7 Å². The van der Waals surface area contributed by atoms with Crippen LogP contribution in [0.25, 0.3) is 0 Å². The predicted molar refractivity (Wildman–Crippen MR) is 112 cm³/mol. The van der Waals surface area contributed by atoms with Gasteiger partial charge < -0.3 is 42.3 Å². The third-order valence-electron chi connectivity index (χ3n) is 5.12. The first-order valence-electron chi connectivity index (χ1n) is 10.5. The van der Waals surface area contributed by atoms with Crippen LogP contribution in [0.1, 0.15) is 44.9 Å². The summed E-state index contributed by atoms with van der Waals surface area (Å²) in [6, 6.07) is -5.31. The highest BCUT2D eigenvalue weighted by Gasteiger charge is 2.38. The summed E-state index contributed by atoms with van der Waals surface area (Å²) in [5.41, 5.74) is 11.0. The Morgan fingerprint density at radius 1 is 0.939 bits per heavy atom. The highest BCUT2D eigenvalue weighted by atomic mass is 16.4. The molecule has 186 valence electrons. The van der Waals surface area contributed by atoms with Gasteiger partial charge in [0.05, 0.1) is 18.9 Å². The van der Waals surface area contributed by atoms with Gasteiger partial charge in [0.1, 0.15) is 18.1 Å². The summed E-state index contributed by atoms with van der Waals surface area (Å²) >= 11 is 0. The van der Waals surface area contributed by atoms with E-state index in [0.717, 1.165) is 4.90 Å². The third-order valence-corrected chi connectivity index (χ3v) is 5.12. The monoisotopic (exact) mass is 473 g/mol. The Morgan fingerprint density at radius 2 is 1.58 bits per heavy atom. The van der Waals surface area contributed by atoms with Gasteiger partial charge in [0.15, 0.2) is 0 Å². The average molecular weight is 473 g/mol. The smallest absolute Gasteiger partial charge is 0.326 e. The molecule has 1 aliphatic rings. The summed E-state index contributed by atoms with van der Waals surface area (Å²) < 4.78 is 0. The molecule has 4 atom stereocenters. The summed E-state index contributed by atoms with van der Waals surface area (Å²) in [4.78, 5) is 72.3. The van der Waals surface area contributed by atoms with Gasteiger partial charge in [-0.05, 0) is 38.6 Å². The summed E-state index contributed by atoms with van der Waals surface area (Å²) in [5.74, 6) is -6.58. The van der Waals surface area contributed by atoms with Gasteiger partial charge >= 0.3 is 17.9 Å². The van der Waals surface area contributed by atoms with Crippen molar-refractivity contribution in [2.75, 3.05) is 13.1 Å². The number of hydrogen-bond donors (Lipinski definition) is 7. The molecule has 0 aromatic heterocycles. The van der Waals surface area contributed by atoms with Crippen LogP contribution in [0.2, 0.25) is 0 Å². The molecule has 0 aliphatic carbocycles. The highest BCUT2D eigenvalue weighted by Crippen LogP contribution is 2.19. The lowest BCUT2D eigenvalue weighted by Gasteiger charge is -2.28. The first kappa shape index (κ1) is 27.8. The Hall–Kier alpha value is -3.26. The fourth-order valence-corrected chi connectivity index (χ4v) is 3.47. The van der Waals surface area contributed by atoms with E-state index in [0.29, 0.717) is 25.8 Å². The molecule has 0 bridgehead atoms. The van der Waals surface area contributed by atoms with Gasteiger partial charge in [-0.1, -0.05) is 0 Å². The molecule has 33 heavy (non-hydrogen) atoms. The van der Waals surface area contributed by atoms with Crippen LogP contribution in [0.15, 0.2) is 0 Å². The fraction of sp³-hybridized carbons (Fsp3) is 0.684. The van der Waals surface area contributed by atoms with E-state index < -0.39 is 72.6 Å². The van der Waals surface area contributed by atoms with Crippen LogP contribution in [-0.4, -0.2) is 93.1 Å². The molecular formula is C19H31N5O9. The van der Waals surface area contributed by atoms with Crippen LogP contribution in [0.4, 0.5) is 0 Å². The number of amides is 3. The maximum Gasteiger partial charge on any atom is 0.326 e. The lowest BCUT2D eigenvalue weighted by Crippen LogP contribution is -2.57. The van der Waals surface area contributed by atoms with Crippen molar-refractivity contribution in [1.82, 2.24) is 15.5 Å². The van der Waals surface area contributed by atoms with Gasteiger partial charge in [0.25, 0.3) is 0 Å². The van der Waals surface area contributed by atoms with Gasteiger partial charge in [-0.25, -0.2) is 4.79 Å². The molecule has 4 unspecified atom stereocenters. The average Bonchev–Trinajstić information content (AvgIpc) is 3.20. The van der Waals surface area contributed by atoms with E-state index in [1.54, 1.807) is 0 Å². The largest absolute Gasteiger partial charge is 0.481 e. The van der Waals surface area contributed by atoms with Crippen LogP contribution >= 0.6 is 0 Å². The minimum atomic E-state index is -1.59. The third kappa shape index (κ3) is 9.02. The molecule has 1 rings (SSSR count). The molecule has 3 amide bonds. The summed E-state index contributed by atoms with van der Waals surface area (Å²) in [5, 5.41) is 31.7. The van der Waals surface area contributed by atoms with E-state index in [1.165, 1.54) is 0 Å². The van der Waals surface area contributed by atoms with Crippen LogP contribution in [0.3, 0.4) is 0 Å². The molecule has 0 aromatic carbocycles. The second-order valence-electron chi connectivity index (χ2n) is 7.74. The van der Waals surface area contributed by atoms with E-state index in [2.05, 4.69) is 10.6 Å². The molecule has 1 aliphatic heterocycles. The van der Waals surface area contributed by atoms with Crippen molar-refractivity contribution in [3.63, 3.8) is 0 Å². The number of carbonyl (C=O) groups is 6. The van der Waals surface area contributed by atoms with E-state index in [1.807, 2.05) is 0 Å². The fourth-order valence-electron chi connectivity index (χ4n) is 3.47. The minimum Gasteiger partial charge on any atom is -0.481 e. The zero-order valence-electron chi connectivity index (χ0n) is 18.1. The number of nitrogens with one attached hydrogen (secondary N) is 2. The number of nitrogens with two attached hydrogens (primary N) is 2. The molecular weight excluding hydrogens is 442 g/mol. The Morgan fingerprint density at radius 3 is 2.12 bits per heavy atom. The second kappa shape index (κ2) is 13.3. The molecule has 0 spiro atoms. The highest BCUT2D eigenvalue weighted by molar-refractivity contribution is 5.96. The quantitative estimate of drug-likeness (QED) is 0.129. The number of hydrogen-bond acceptors (Lipinski definition) is 8. The van der Waals surface area contributed by atoms with Crippen molar-refractivity contribution < 1.29 is 44.1 Å². The standard InChI is InChI=1S/C19H31N5O9/c20-6-2-1-4-11(19(32)33)22-16(29)12(9-15(27)28)23-17(30)13-5-3-7-24(13)18(31)10(21)8-14(25)26/h10-13H,1-9,20-21H2,(H,22,29)(H,23,30)(H,25,26)(H,27,28)(H,32,33). The molecule has 14 heteroatoms. The summed E-state index contributed by atoms with van der Waals surface area (Å²) in [7, 11) is 0. The molecule has 1 fully saturated rings. The van der Waals surface area contributed by atoms with Gasteiger partial charge in [-0.15, -0.1) is 0 Å². The van der Waals surface area contributed by atoms with Gasteiger partial charge in [0.2, 0.25) is 17.7 Å². The number of unbranched alkanes of at least 4 members (excludes halogenated alkanes) is 1. The number of carboxylic acids is 3. The lowest BCUT2D eigenvalue weighted by atomic mass is 10.1. The van der Waals surface area contributed by atoms with Crippen LogP contribution in [0, 0.1) is 0 Å². The number of likely N-dealkylation sites (tertiary alicyclic amines) is 1. The second-order valence-corrected chi connectivity index (χ2v) is 7.74. The van der Waals surface area contributed by atoms with Crippen LogP contribution in [-0.2, 0) is 28.8 Å². The zero-order valence-corrected chi connectivity index (χ0v) is 18.1. The van der Waals surface area contributed by atoms with E-state index >= 15 is 0 Å². The van der Waals surface area contributed by atoms with Crippen molar-refractivity contribution in [3.8, 4) is 0 Å². The molecule has 0 radical (unpaired) electrons. The summed E-state index contributed by atoms with van der Waals surface area (Å²) in [6.45, 7) is 0.479. The number of carboxylic acid groups (broad SMARTS) is 3. The summed E-state index contributed by atoms with van der Waals surface area (Å²) in [6.07, 6.45) is 0.194. The first-order chi connectivity index (χ1) is 15.5. The van der Waals surface area contributed by atoms with Crippen molar-refractivity contribution >= 4 is 35.6 Å². The predicted octanol–water partition coefficient (Wildman–Crippen LogP) is -2.56. The lowest BCUT2D eigenvalue weighted by molar-refractivity contribution is -0.145. The maximum absolute atomic E-state index is 12.8. The van der Waals surface area contributed by atoms with Crippen LogP contribution < -0.4 is 22.1 Å². The number of carbonyl (C=O) groups excluding carboxylic acids is 3. The first-order valence-corrected chi connectivity index (χ1v) is 10.5. The van der Waals surface area contributed by atoms with Gasteiger partial charge in [0, 0.05) is 6.54 Å². The van der Waals surface area contributed by atoms with Crippen LogP contribution in [0.5, 0.6) is 0 Å².